The Bertz CT molecular complexity index is 571. The second-order valence-electron chi connectivity index (χ2n) is 6.85. The van der Waals surface area contributed by atoms with Gasteiger partial charge in [-0.25, -0.2) is 4.98 Å². The molecule has 1 aliphatic heterocycles. The number of rotatable bonds is 3. The Morgan fingerprint density at radius 2 is 2.23 bits per heavy atom. The Morgan fingerprint density at radius 3 is 2.77 bits per heavy atom. The first-order chi connectivity index (χ1) is 10.3. The van der Waals surface area contributed by atoms with Crippen LogP contribution in [0.3, 0.4) is 0 Å². The lowest BCUT2D eigenvalue weighted by molar-refractivity contribution is 0.0437. The highest BCUT2D eigenvalue weighted by Crippen LogP contribution is 2.35. The minimum Gasteiger partial charge on any atom is -0.368 e. The number of anilines is 1. The van der Waals surface area contributed by atoms with Gasteiger partial charge in [-0.15, -0.1) is 0 Å². The van der Waals surface area contributed by atoms with E-state index in [2.05, 4.69) is 16.4 Å². The summed E-state index contributed by atoms with van der Waals surface area (Å²) in [6.45, 7) is 8.80. The molecule has 0 aromatic carbocycles. The predicted octanol–water partition coefficient (Wildman–Crippen LogP) is 3.06. The Kier molecular flexibility index (Phi) is 4.70. The molecular weight excluding hydrogens is 276 g/mol. The highest BCUT2D eigenvalue weighted by Gasteiger charge is 2.40. The van der Waals surface area contributed by atoms with Gasteiger partial charge in [0.2, 0.25) is 0 Å². The molecule has 0 saturated carbocycles. The number of nitrogens with one attached hydrogen (secondary N) is 1. The molecule has 1 amide bonds. The van der Waals surface area contributed by atoms with Crippen LogP contribution in [0.2, 0.25) is 0 Å². The maximum atomic E-state index is 12.7. The van der Waals surface area contributed by atoms with Crippen LogP contribution in [0.25, 0.3) is 0 Å². The molecule has 2 heterocycles. The highest BCUT2D eigenvalue weighted by atomic mass is 16.2. The van der Waals surface area contributed by atoms with Crippen molar-refractivity contribution in [3.8, 4) is 6.07 Å². The van der Waals surface area contributed by atoms with Gasteiger partial charge in [-0.1, -0.05) is 13.8 Å². The molecule has 1 fully saturated rings. The molecule has 5 heteroatoms. The van der Waals surface area contributed by atoms with E-state index in [-0.39, 0.29) is 17.4 Å². The van der Waals surface area contributed by atoms with Crippen molar-refractivity contribution in [2.24, 2.45) is 5.41 Å². The summed E-state index contributed by atoms with van der Waals surface area (Å²) in [5.74, 6) is 0.644. The van der Waals surface area contributed by atoms with E-state index in [0.29, 0.717) is 18.2 Å². The van der Waals surface area contributed by atoms with Crippen LogP contribution in [0.1, 0.15) is 50.9 Å². The number of hydrogen-bond acceptors (Lipinski definition) is 4. The van der Waals surface area contributed by atoms with Gasteiger partial charge in [-0.05, 0) is 44.2 Å². The van der Waals surface area contributed by atoms with Crippen LogP contribution >= 0.6 is 0 Å². The zero-order valence-corrected chi connectivity index (χ0v) is 13.8. The van der Waals surface area contributed by atoms with Gasteiger partial charge in [0, 0.05) is 18.8 Å². The maximum Gasteiger partial charge on any atom is 0.256 e. The summed E-state index contributed by atoms with van der Waals surface area (Å²) in [6, 6.07) is 5.79. The molecular formula is C17H24N4O. The van der Waals surface area contributed by atoms with Crippen molar-refractivity contribution >= 4 is 11.7 Å². The third-order valence-corrected chi connectivity index (χ3v) is 4.10. The van der Waals surface area contributed by atoms with Crippen molar-refractivity contribution < 1.29 is 4.79 Å². The van der Waals surface area contributed by atoms with Crippen molar-refractivity contribution in [3.05, 3.63) is 23.9 Å². The normalized spacial score (nSPS) is 20.5. The molecule has 1 aliphatic rings. The van der Waals surface area contributed by atoms with E-state index >= 15 is 0 Å². The Hall–Kier alpha value is -2.09. The number of amides is 1. The van der Waals surface area contributed by atoms with Crippen LogP contribution in [-0.2, 0) is 0 Å². The Morgan fingerprint density at radius 1 is 1.50 bits per heavy atom. The molecule has 1 saturated heterocycles. The number of nitrogens with zero attached hydrogens (tertiary/aromatic N) is 3. The third kappa shape index (κ3) is 3.38. The minimum absolute atomic E-state index is 0.108. The van der Waals surface area contributed by atoms with E-state index in [9.17, 15) is 10.1 Å². The van der Waals surface area contributed by atoms with Gasteiger partial charge < -0.3 is 10.2 Å². The van der Waals surface area contributed by atoms with E-state index in [1.807, 2.05) is 33.8 Å². The van der Waals surface area contributed by atoms with Crippen LogP contribution in [0.4, 0.5) is 5.82 Å². The lowest BCUT2D eigenvalue weighted by Gasteiger charge is -2.42. The number of carbonyl (C=O) groups excluding carboxylic acids is 1. The van der Waals surface area contributed by atoms with Gasteiger partial charge in [-0.2, -0.15) is 5.26 Å². The average molecular weight is 300 g/mol. The quantitative estimate of drug-likeness (QED) is 0.931. The second-order valence-corrected chi connectivity index (χ2v) is 6.85. The fourth-order valence-electron chi connectivity index (χ4n) is 2.92. The van der Waals surface area contributed by atoms with Gasteiger partial charge in [0.1, 0.15) is 11.9 Å². The molecule has 22 heavy (non-hydrogen) atoms. The van der Waals surface area contributed by atoms with Crippen LogP contribution in [0, 0.1) is 16.7 Å². The molecule has 118 valence electrons. The average Bonchev–Trinajstić information content (AvgIpc) is 2.45. The van der Waals surface area contributed by atoms with Gasteiger partial charge >= 0.3 is 0 Å². The van der Waals surface area contributed by atoms with Gasteiger partial charge in [-0.3, -0.25) is 4.79 Å². The summed E-state index contributed by atoms with van der Waals surface area (Å²) in [5, 5.41) is 12.7. The molecule has 1 aromatic heterocycles. The number of hydrogen-bond donors (Lipinski definition) is 1. The summed E-state index contributed by atoms with van der Waals surface area (Å²) in [4.78, 5) is 18.7. The molecule has 1 N–H and O–H groups in total. The van der Waals surface area contributed by atoms with E-state index in [0.717, 1.165) is 18.7 Å². The van der Waals surface area contributed by atoms with E-state index in [1.54, 1.807) is 17.2 Å². The van der Waals surface area contributed by atoms with Crippen molar-refractivity contribution in [2.75, 3.05) is 11.9 Å². The summed E-state index contributed by atoms with van der Waals surface area (Å²) in [7, 11) is 0. The highest BCUT2D eigenvalue weighted by molar-refractivity contribution is 5.94. The van der Waals surface area contributed by atoms with Crippen molar-refractivity contribution in [3.63, 3.8) is 0 Å². The van der Waals surface area contributed by atoms with E-state index in [1.165, 1.54) is 0 Å². The van der Waals surface area contributed by atoms with Crippen molar-refractivity contribution in [1.29, 1.82) is 5.26 Å². The first-order valence-corrected chi connectivity index (χ1v) is 7.78. The van der Waals surface area contributed by atoms with Gasteiger partial charge in [0.05, 0.1) is 11.6 Å². The number of carbonyl (C=O) groups is 1. The SMILES string of the molecule is CC(C)Nc1ccc(C(=O)N2CCCC(C)(C)C2C#N)cn1. The topological polar surface area (TPSA) is 69.0 Å². The molecule has 1 aromatic rings. The molecule has 0 aliphatic carbocycles. The monoisotopic (exact) mass is 300 g/mol. The molecule has 0 spiro atoms. The largest absolute Gasteiger partial charge is 0.368 e. The van der Waals surface area contributed by atoms with Crippen LogP contribution in [-0.4, -0.2) is 34.4 Å². The standard InChI is InChI=1S/C17H24N4O/c1-12(2)20-15-7-6-13(11-19-15)16(22)21-9-5-8-17(3,4)14(21)10-18/h6-7,11-12,14H,5,8-9H2,1-4H3,(H,19,20). The molecule has 0 bridgehead atoms. The van der Waals surface area contributed by atoms with E-state index in [4.69, 9.17) is 0 Å². The fourth-order valence-corrected chi connectivity index (χ4v) is 2.92. The molecule has 0 radical (unpaired) electrons. The summed E-state index contributed by atoms with van der Waals surface area (Å²) >= 11 is 0. The Balaban J connectivity index is 2.18. The summed E-state index contributed by atoms with van der Waals surface area (Å²) in [5.41, 5.74) is 0.363. The number of aromatic nitrogens is 1. The van der Waals surface area contributed by atoms with Crippen molar-refractivity contribution in [1.82, 2.24) is 9.88 Å². The zero-order valence-electron chi connectivity index (χ0n) is 13.8. The number of likely N-dealkylation sites (tertiary alicyclic amines) is 1. The summed E-state index contributed by atoms with van der Waals surface area (Å²) in [6.07, 6.45) is 3.48. The maximum absolute atomic E-state index is 12.7. The van der Waals surface area contributed by atoms with Gasteiger partial charge in [0.15, 0.2) is 0 Å². The minimum atomic E-state index is -0.387. The third-order valence-electron chi connectivity index (χ3n) is 4.10. The first kappa shape index (κ1) is 16.3. The number of nitriles is 1. The number of pyridine rings is 1. The number of piperidine rings is 1. The van der Waals surface area contributed by atoms with Gasteiger partial charge in [0.25, 0.3) is 5.91 Å². The van der Waals surface area contributed by atoms with E-state index < -0.39 is 0 Å². The smallest absolute Gasteiger partial charge is 0.256 e. The summed E-state index contributed by atoms with van der Waals surface area (Å²) < 4.78 is 0. The molecule has 2 rings (SSSR count). The van der Waals surface area contributed by atoms with Crippen LogP contribution < -0.4 is 5.32 Å². The molecule has 1 atom stereocenters. The lowest BCUT2D eigenvalue weighted by Crippen LogP contribution is -2.51. The van der Waals surface area contributed by atoms with Crippen molar-refractivity contribution in [2.45, 2.75) is 52.6 Å². The molecule has 5 nitrogen and oxygen atoms in total. The molecule has 1 unspecified atom stereocenters. The second kappa shape index (κ2) is 6.35. The Labute approximate surface area is 132 Å². The lowest BCUT2D eigenvalue weighted by atomic mass is 9.77. The zero-order chi connectivity index (χ0) is 16.3. The fraction of sp³-hybridized carbons (Fsp3) is 0.588. The first-order valence-electron chi connectivity index (χ1n) is 7.78. The van der Waals surface area contributed by atoms with Crippen LogP contribution in [0.15, 0.2) is 18.3 Å². The van der Waals surface area contributed by atoms with Crippen LogP contribution in [0.5, 0.6) is 0 Å². The predicted molar refractivity (Wildman–Crippen MR) is 86.4 cm³/mol.